The summed E-state index contributed by atoms with van der Waals surface area (Å²) >= 11 is 0. The molecule has 2 nitrogen and oxygen atoms in total. The fourth-order valence-corrected chi connectivity index (χ4v) is 3.73. The van der Waals surface area contributed by atoms with Gasteiger partial charge in [0.1, 0.15) is 0 Å². The number of fused-ring (bicyclic) bond motifs is 2. The Kier molecular flexibility index (Phi) is 17.8. The Hall–Kier alpha value is 0.630. The third-order valence-corrected chi connectivity index (χ3v) is 5.31. The summed E-state index contributed by atoms with van der Waals surface area (Å²) in [4.78, 5) is 10.7. The standard InChI is InChI=1S/C9H13.C8H13NO.C2H7Si.2ClH.Zr/c1-6-5-7(2)9(4)8(6)3;9-8(10)7-4-5-1-2-6(7)3-5;1-3-2;;;/h6H,1-4H3;5-7H,1-4H2,(H2,9,10);3H,1-2H3;2*1H;/q-1;;;;;+4/p-3. The number of rotatable bonds is 1. The van der Waals surface area contributed by atoms with Gasteiger partial charge in [0.25, 0.3) is 0 Å². The van der Waals surface area contributed by atoms with E-state index in [0.717, 1.165) is 21.9 Å². The molecule has 2 saturated carbocycles. The molecule has 0 aromatic rings. The number of amides is 1. The second-order valence-electron chi connectivity index (χ2n) is 7.02. The summed E-state index contributed by atoms with van der Waals surface area (Å²) in [6.45, 7) is 13.1. The van der Waals surface area contributed by atoms with E-state index in [9.17, 15) is 4.79 Å². The third-order valence-electron chi connectivity index (χ3n) is 5.31. The molecule has 1 radical (unpaired) electrons. The Morgan fingerprint density at radius 1 is 1.12 bits per heavy atom. The van der Waals surface area contributed by atoms with Gasteiger partial charge in [-0.25, -0.2) is 5.57 Å². The zero-order chi connectivity index (χ0) is 16.9. The first kappa shape index (κ1) is 30.4. The maximum absolute atomic E-state index is 10.7. The van der Waals surface area contributed by atoms with Crippen LogP contribution in [0, 0.1) is 29.7 Å². The van der Waals surface area contributed by atoms with Crippen molar-refractivity contribution in [1.82, 2.24) is 0 Å². The molecule has 3 aliphatic rings. The minimum absolute atomic E-state index is 0. The largest absolute Gasteiger partial charge is 4.00 e. The maximum atomic E-state index is 10.7. The van der Waals surface area contributed by atoms with E-state index in [0.29, 0.717) is 11.8 Å². The molecule has 1 amide bonds. The van der Waals surface area contributed by atoms with E-state index in [2.05, 4.69) is 46.9 Å². The van der Waals surface area contributed by atoms with Crippen molar-refractivity contribution in [3.8, 4) is 0 Å². The van der Waals surface area contributed by atoms with Crippen LogP contribution in [0.1, 0.15) is 53.4 Å². The molecule has 1 N–H and O–H groups in total. The van der Waals surface area contributed by atoms with E-state index in [-0.39, 0.29) is 62.8 Å². The van der Waals surface area contributed by atoms with Crippen molar-refractivity contribution in [1.29, 1.82) is 0 Å². The van der Waals surface area contributed by atoms with E-state index in [1.165, 1.54) is 36.0 Å². The van der Waals surface area contributed by atoms with E-state index in [4.69, 9.17) is 5.73 Å². The van der Waals surface area contributed by atoms with Gasteiger partial charge >= 0.3 is 26.2 Å². The number of carbonyl (C=O) groups excluding carboxylic acids is 1. The van der Waals surface area contributed by atoms with Crippen molar-refractivity contribution in [2.45, 2.75) is 66.5 Å². The van der Waals surface area contributed by atoms with E-state index < -0.39 is 0 Å². The Morgan fingerprint density at radius 3 is 1.80 bits per heavy atom. The number of carbonyl (C=O) groups is 1. The average Bonchev–Trinajstić information content (AvgIpc) is 3.14. The van der Waals surface area contributed by atoms with Crippen molar-refractivity contribution in [3.63, 3.8) is 0 Å². The van der Waals surface area contributed by atoms with Gasteiger partial charge in [-0.3, -0.25) is 6.08 Å². The van der Waals surface area contributed by atoms with Crippen LogP contribution in [0.4, 0.5) is 0 Å². The molecule has 4 atom stereocenters. The summed E-state index contributed by atoms with van der Waals surface area (Å²) in [5, 5.41) is 0. The molecule has 0 aromatic carbocycles. The Bertz CT molecular complexity index is 468. The molecule has 25 heavy (non-hydrogen) atoms. The molecule has 0 saturated heterocycles. The van der Waals surface area contributed by atoms with Gasteiger partial charge < -0.3 is 35.3 Å². The fourth-order valence-electron chi connectivity index (χ4n) is 3.73. The van der Waals surface area contributed by atoms with Gasteiger partial charge in [-0.05, 0) is 31.1 Å². The monoisotopic (exact) mass is 478 g/mol. The first-order chi connectivity index (χ1) is 10.3. The SMILES string of the molecule is CC1=[C-]C(C)C(C)=C1C.C[SiH]C.[Cl-].[Cl-].[NH-]C(=O)C1CC2CCC1C2.[Zr+4]. The summed E-state index contributed by atoms with van der Waals surface area (Å²) < 4.78 is 0. The molecule has 2 fully saturated rings. The van der Waals surface area contributed by atoms with E-state index >= 15 is 0 Å². The van der Waals surface area contributed by atoms with Crippen molar-refractivity contribution < 1.29 is 55.8 Å². The Balaban J connectivity index is -0.000000305. The quantitative estimate of drug-likeness (QED) is 0.360. The van der Waals surface area contributed by atoms with Gasteiger partial charge in [-0.2, -0.15) is 11.1 Å². The van der Waals surface area contributed by atoms with Crippen molar-refractivity contribution in [2.24, 2.45) is 23.7 Å². The average molecular weight is 481 g/mol. The number of hydrogen-bond donors (Lipinski definition) is 0. The minimum Gasteiger partial charge on any atom is -1.00 e. The first-order valence-corrected chi connectivity index (χ1v) is 10.9. The fraction of sp³-hybridized carbons (Fsp3) is 0.737. The van der Waals surface area contributed by atoms with Gasteiger partial charge in [0.05, 0.1) is 5.91 Å². The van der Waals surface area contributed by atoms with Crippen LogP contribution < -0.4 is 24.8 Å². The molecule has 6 heteroatoms. The molecule has 3 aliphatic carbocycles. The number of hydrogen-bond acceptors (Lipinski definition) is 1. The van der Waals surface area contributed by atoms with Crippen LogP contribution >= 0.6 is 0 Å². The molecule has 0 aromatic heterocycles. The van der Waals surface area contributed by atoms with Crippen LogP contribution in [-0.2, 0) is 31.0 Å². The van der Waals surface area contributed by atoms with Crippen molar-refractivity contribution in [3.05, 3.63) is 28.5 Å². The van der Waals surface area contributed by atoms with Gasteiger partial charge in [-0.15, -0.1) is 6.92 Å². The van der Waals surface area contributed by atoms with Crippen LogP contribution in [0.15, 0.2) is 16.7 Å². The van der Waals surface area contributed by atoms with Crippen molar-refractivity contribution in [2.75, 3.05) is 0 Å². The van der Waals surface area contributed by atoms with Crippen LogP contribution in [0.25, 0.3) is 5.73 Å². The third kappa shape index (κ3) is 8.91. The summed E-state index contributed by atoms with van der Waals surface area (Å²) in [5.41, 5.74) is 11.2. The Morgan fingerprint density at radius 2 is 1.64 bits per heavy atom. The predicted octanol–water partition coefficient (Wildman–Crippen LogP) is -0.752. The second kappa shape index (κ2) is 14.7. The zero-order valence-corrected chi connectivity index (χ0v) is 21.5. The number of allylic oxidation sites excluding steroid dienone is 4. The molecule has 0 spiro atoms. The van der Waals surface area contributed by atoms with Gasteiger partial charge in [0, 0.05) is 15.4 Å². The van der Waals surface area contributed by atoms with E-state index in [1.54, 1.807) is 0 Å². The molecule has 2 bridgehead atoms. The molecular weight excluding hydrogens is 448 g/mol. The number of nitrogens with one attached hydrogen (secondary N) is 1. The van der Waals surface area contributed by atoms with Crippen molar-refractivity contribution >= 4 is 15.4 Å². The normalized spacial score (nSPS) is 28.2. The Labute approximate surface area is 189 Å². The molecule has 0 heterocycles. The van der Waals surface area contributed by atoms with Crippen LogP contribution in [0.2, 0.25) is 13.1 Å². The summed E-state index contributed by atoms with van der Waals surface area (Å²) in [6, 6.07) is 0. The summed E-state index contributed by atoms with van der Waals surface area (Å²) in [6.07, 6.45) is 8.13. The van der Waals surface area contributed by atoms with Crippen LogP contribution in [-0.4, -0.2) is 15.4 Å². The number of halogens is 2. The van der Waals surface area contributed by atoms with Gasteiger partial charge in [-0.1, -0.05) is 46.2 Å². The molecular formula is C19H32Cl2NOSiZr. The summed E-state index contributed by atoms with van der Waals surface area (Å²) in [7, 11) is 0.750. The topological polar surface area (TPSA) is 40.9 Å². The molecule has 0 aliphatic heterocycles. The van der Waals surface area contributed by atoms with Gasteiger partial charge in [0.15, 0.2) is 0 Å². The minimum atomic E-state index is -0.313. The van der Waals surface area contributed by atoms with Crippen LogP contribution in [0.3, 0.4) is 0 Å². The maximum Gasteiger partial charge on any atom is 4.00 e. The smallest absolute Gasteiger partial charge is 1.00 e. The molecule has 141 valence electrons. The molecule has 3 rings (SSSR count). The zero-order valence-electron chi connectivity index (χ0n) is 16.4. The van der Waals surface area contributed by atoms with E-state index in [1.807, 2.05) is 0 Å². The summed E-state index contributed by atoms with van der Waals surface area (Å²) in [5.74, 6) is 1.76. The van der Waals surface area contributed by atoms with Gasteiger partial charge in [0.2, 0.25) is 0 Å². The first-order valence-electron chi connectivity index (χ1n) is 8.59. The predicted molar refractivity (Wildman–Crippen MR) is 97.1 cm³/mol. The second-order valence-corrected chi connectivity index (χ2v) is 8.18. The van der Waals surface area contributed by atoms with Crippen LogP contribution in [0.5, 0.6) is 0 Å². The molecule has 4 unspecified atom stereocenters.